The fourth-order valence-corrected chi connectivity index (χ4v) is 3.08. The lowest BCUT2D eigenvalue weighted by Crippen LogP contribution is -2.02. The summed E-state index contributed by atoms with van der Waals surface area (Å²) >= 11 is 8.70. The second-order valence-corrected chi connectivity index (χ2v) is 4.85. The topological polar surface area (TPSA) is 39.2 Å². The average Bonchev–Trinajstić information content (AvgIpc) is 2.84. The Hall–Kier alpha value is -0.910. The minimum Gasteiger partial charge on any atom is -0.464 e. The standard InChI is InChI=1S/C9H6ClNO2S2/c1-13-9(12)7-8(15-4-11-7)6-2-5(10)3-14-6/h2-4H,1H3. The maximum absolute atomic E-state index is 11.4. The van der Waals surface area contributed by atoms with Gasteiger partial charge >= 0.3 is 5.97 Å². The van der Waals surface area contributed by atoms with Gasteiger partial charge in [0.05, 0.1) is 22.5 Å². The summed E-state index contributed by atoms with van der Waals surface area (Å²) in [5.41, 5.74) is 1.97. The summed E-state index contributed by atoms with van der Waals surface area (Å²) < 4.78 is 4.64. The van der Waals surface area contributed by atoms with Crippen molar-refractivity contribution in [1.82, 2.24) is 4.98 Å². The molecule has 2 rings (SSSR count). The van der Waals surface area contributed by atoms with E-state index in [2.05, 4.69) is 9.72 Å². The van der Waals surface area contributed by atoms with Gasteiger partial charge < -0.3 is 4.74 Å². The smallest absolute Gasteiger partial charge is 0.358 e. The highest BCUT2D eigenvalue weighted by Gasteiger charge is 2.17. The molecule has 3 nitrogen and oxygen atoms in total. The molecule has 2 heterocycles. The molecule has 2 aromatic rings. The summed E-state index contributed by atoms with van der Waals surface area (Å²) in [6, 6.07) is 1.81. The van der Waals surface area contributed by atoms with Crippen LogP contribution < -0.4 is 0 Å². The zero-order valence-corrected chi connectivity index (χ0v) is 10.1. The monoisotopic (exact) mass is 259 g/mol. The number of hydrogen-bond donors (Lipinski definition) is 0. The van der Waals surface area contributed by atoms with E-state index in [0.717, 1.165) is 9.75 Å². The van der Waals surface area contributed by atoms with Gasteiger partial charge in [0.1, 0.15) is 0 Å². The van der Waals surface area contributed by atoms with E-state index in [1.165, 1.54) is 29.8 Å². The molecule has 0 aliphatic carbocycles. The van der Waals surface area contributed by atoms with E-state index in [9.17, 15) is 4.79 Å². The summed E-state index contributed by atoms with van der Waals surface area (Å²) in [5.74, 6) is -0.421. The molecule has 0 spiro atoms. The number of nitrogens with zero attached hydrogens (tertiary/aromatic N) is 1. The van der Waals surface area contributed by atoms with Crippen LogP contribution in [-0.4, -0.2) is 18.1 Å². The number of carbonyl (C=O) groups excluding carboxylic acids is 1. The van der Waals surface area contributed by atoms with E-state index in [0.29, 0.717) is 10.7 Å². The summed E-state index contributed by atoms with van der Waals surface area (Å²) in [7, 11) is 1.34. The first-order valence-electron chi connectivity index (χ1n) is 3.98. The van der Waals surface area contributed by atoms with Crippen LogP contribution in [0.5, 0.6) is 0 Å². The maximum atomic E-state index is 11.4. The number of thiophene rings is 1. The Morgan fingerprint density at radius 1 is 1.53 bits per heavy atom. The summed E-state index contributed by atoms with van der Waals surface area (Å²) in [5, 5.41) is 2.48. The van der Waals surface area contributed by atoms with E-state index in [-0.39, 0.29) is 0 Å². The lowest BCUT2D eigenvalue weighted by molar-refractivity contribution is 0.0596. The summed E-state index contributed by atoms with van der Waals surface area (Å²) in [6.45, 7) is 0. The molecular formula is C9H6ClNO2S2. The van der Waals surface area contributed by atoms with E-state index in [4.69, 9.17) is 11.6 Å². The average molecular weight is 260 g/mol. The van der Waals surface area contributed by atoms with Gasteiger partial charge in [-0.25, -0.2) is 9.78 Å². The van der Waals surface area contributed by atoms with Gasteiger partial charge in [-0.3, -0.25) is 0 Å². The highest BCUT2D eigenvalue weighted by Crippen LogP contribution is 2.34. The van der Waals surface area contributed by atoms with Crippen LogP contribution in [0.4, 0.5) is 0 Å². The van der Waals surface area contributed by atoms with Gasteiger partial charge in [0, 0.05) is 10.3 Å². The number of esters is 1. The Kier molecular flexibility index (Phi) is 3.04. The second-order valence-electron chi connectivity index (χ2n) is 2.65. The van der Waals surface area contributed by atoms with Gasteiger partial charge in [0.25, 0.3) is 0 Å². The summed E-state index contributed by atoms with van der Waals surface area (Å²) in [6.07, 6.45) is 0. The lowest BCUT2D eigenvalue weighted by Gasteiger charge is -1.96. The molecule has 2 aromatic heterocycles. The fourth-order valence-electron chi connectivity index (χ4n) is 1.10. The molecular weight excluding hydrogens is 254 g/mol. The van der Waals surface area contributed by atoms with Gasteiger partial charge in [-0.05, 0) is 6.07 Å². The Labute approximate surface area is 99.3 Å². The van der Waals surface area contributed by atoms with Gasteiger partial charge in [0.15, 0.2) is 5.69 Å². The minimum atomic E-state index is -0.421. The summed E-state index contributed by atoms with van der Waals surface area (Å²) in [4.78, 5) is 17.1. The van der Waals surface area contributed by atoms with E-state index in [1.807, 2.05) is 11.4 Å². The van der Waals surface area contributed by atoms with Crippen LogP contribution in [-0.2, 0) is 4.74 Å². The first-order chi connectivity index (χ1) is 7.22. The molecule has 6 heteroatoms. The Bertz CT molecular complexity index is 492. The number of hydrogen-bond acceptors (Lipinski definition) is 5. The van der Waals surface area contributed by atoms with Crippen molar-refractivity contribution in [3.05, 3.63) is 27.7 Å². The third kappa shape index (κ3) is 2.04. The molecule has 0 aromatic carbocycles. The van der Waals surface area contributed by atoms with Crippen LogP contribution in [0.1, 0.15) is 10.5 Å². The molecule has 0 amide bonds. The van der Waals surface area contributed by atoms with Gasteiger partial charge in [-0.15, -0.1) is 22.7 Å². The molecule has 0 saturated heterocycles. The normalized spacial score (nSPS) is 10.3. The van der Waals surface area contributed by atoms with Crippen molar-refractivity contribution in [2.75, 3.05) is 7.11 Å². The predicted molar refractivity (Wildman–Crippen MR) is 61.8 cm³/mol. The zero-order chi connectivity index (χ0) is 10.8. The van der Waals surface area contributed by atoms with Crippen LogP contribution >= 0.6 is 34.3 Å². The van der Waals surface area contributed by atoms with Crippen molar-refractivity contribution in [2.45, 2.75) is 0 Å². The SMILES string of the molecule is COC(=O)c1ncsc1-c1cc(Cl)cs1. The van der Waals surface area contributed by atoms with Gasteiger partial charge in [-0.2, -0.15) is 0 Å². The largest absolute Gasteiger partial charge is 0.464 e. The van der Waals surface area contributed by atoms with E-state index < -0.39 is 5.97 Å². The van der Waals surface area contributed by atoms with Crippen molar-refractivity contribution in [2.24, 2.45) is 0 Å². The number of thiazole rings is 1. The number of methoxy groups -OCH3 is 1. The molecule has 0 unspecified atom stereocenters. The predicted octanol–water partition coefficient (Wildman–Crippen LogP) is 3.31. The molecule has 0 aliphatic heterocycles. The lowest BCUT2D eigenvalue weighted by atomic mass is 10.3. The Morgan fingerprint density at radius 2 is 2.33 bits per heavy atom. The molecule has 0 fully saturated rings. The van der Waals surface area contributed by atoms with Crippen molar-refractivity contribution in [3.8, 4) is 9.75 Å². The third-order valence-electron chi connectivity index (χ3n) is 1.74. The fraction of sp³-hybridized carbons (Fsp3) is 0.111. The van der Waals surface area contributed by atoms with Crippen molar-refractivity contribution < 1.29 is 9.53 Å². The molecule has 0 saturated carbocycles. The van der Waals surface area contributed by atoms with Crippen molar-refractivity contribution in [1.29, 1.82) is 0 Å². The maximum Gasteiger partial charge on any atom is 0.358 e. The van der Waals surface area contributed by atoms with Crippen LogP contribution in [0.2, 0.25) is 5.02 Å². The number of carbonyl (C=O) groups is 1. The van der Waals surface area contributed by atoms with Crippen LogP contribution in [0.3, 0.4) is 0 Å². The molecule has 0 N–H and O–H groups in total. The Balaban J connectivity index is 2.45. The van der Waals surface area contributed by atoms with Crippen molar-refractivity contribution in [3.63, 3.8) is 0 Å². The van der Waals surface area contributed by atoms with Crippen LogP contribution in [0.25, 0.3) is 9.75 Å². The Morgan fingerprint density at radius 3 is 2.93 bits per heavy atom. The molecule has 0 aliphatic rings. The third-order valence-corrected chi connectivity index (χ3v) is 4.02. The number of halogens is 1. The van der Waals surface area contributed by atoms with Crippen LogP contribution in [0.15, 0.2) is 17.0 Å². The second kappa shape index (κ2) is 4.30. The van der Waals surface area contributed by atoms with Gasteiger partial charge in [-0.1, -0.05) is 11.6 Å². The molecule has 0 bridgehead atoms. The zero-order valence-electron chi connectivity index (χ0n) is 7.69. The first kappa shape index (κ1) is 10.6. The molecule has 0 atom stereocenters. The van der Waals surface area contributed by atoms with E-state index >= 15 is 0 Å². The van der Waals surface area contributed by atoms with Crippen LogP contribution in [0, 0.1) is 0 Å². The minimum absolute atomic E-state index is 0.348. The van der Waals surface area contributed by atoms with Crippen molar-refractivity contribution >= 4 is 40.2 Å². The molecule has 15 heavy (non-hydrogen) atoms. The molecule has 0 radical (unpaired) electrons. The first-order valence-corrected chi connectivity index (χ1v) is 6.12. The highest BCUT2D eigenvalue weighted by atomic mass is 35.5. The number of rotatable bonds is 2. The van der Waals surface area contributed by atoms with E-state index in [1.54, 1.807) is 5.51 Å². The number of ether oxygens (including phenoxy) is 1. The molecule has 78 valence electrons. The number of aromatic nitrogens is 1. The highest BCUT2D eigenvalue weighted by molar-refractivity contribution is 7.20. The quantitative estimate of drug-likeness (QED) is 0.777. The van der Waals surface area contributed by atoms with Gasteiger partial charge in [0.2, 0.25) is 0 Å².